The molecule has 0 spiro atoms. The second kappa shape index (κ2) is 7.44. The molecule has 0 aliphatic carbocycles. The maximum absolute atomic E-state index is 4.68. The molecule has 27 heavy (non-hydrogen) atoms. The van der Waals surface area contributed by atoms with E-state index in [0.717, 1.165) is 11.3 Å². The molecule has 0 aliphatic rings. The average molecular weight is 361 g/mol. The van der Waals surface area contributed by atoms with Crippen LogP contribution in [0.5, 0.6) is 0 Å². The smallest absolute Gasteiger partial charge is 0.245 e. The largest absolute Gasteiger partial charge is 0.300 e. The third-order valence-corrected chi connectivity index (χ3v) is 3.58. The molecule has 0 radical (unpaired) electrons. The SMILES string of the molecule is Cc1ccc(NNc2nc3nonc3nc2NN=Cc2ccncc2)cc1. The molecule has 0 amide bonds. The van der Waals surface area contributed by atoms with E-state index in [2.05, 4.69) is 51.3 Å². The Balaban J connectivity index is 1.55. The fourth-order valence-electron chi connectivity index (χ4n) is 2.19. The Morgan fingerprint density at radius 1 is 0.889 bits per heavy atom. The highest BCUT2D eigenvalue weighted by molar-refractivity contribution is 5.80. The molecule has 0 fully saturated rings. The summed E-state index contributed by atoms with van der Waals surface area (Å²) in [6.45, 7) is 2.02. The van der Waals surface area contributed by atoms with Gasteiger partial charge in [-0.05, 0) is 47.1 Å². The van der Waals surface area contributed by atoms with Gasteiger partial charge in [-0.25, -0.2) is 4.63 Å². The highest BCUT2D eigenvalue weighted by atomic mass is 16.6. The van der Waals surface area contributed by atoms with Crippen LogP contribution in [-0.2, 0) is 0 Å². The second-order valence-electron chi connectivity index (χ2n) is 5.60. The van der Waals surface area contributed by atoms with Crippen LogP contribution < -0.4 is 16.3 Å². The zero-order chi connectivity index (χ0) is 18.5. The number of hydrogen-bond acceptors (Lipinski definition) is 10. The summed E-state index contributed by atoms with van der Waals surface area (Å²) >= 11 is 0. The van der Waals surface area contributed by atoms with Gasteiger partial charge in [0.2, 0.25) is 11.3 Å². The van der Waals surface area contributed by atoms with Gasteiger partial charge in [-0.3, -0.25) is 21.3 Å². The lowest BCUT2D eigenvalue weighted by Crippen LogP contribution is -2.13. The molecule has 0 aliphatic heterocycles. The van der Waals surface area contributed by atoms with Crippen LogP contribution in [0.4, 0.5) is 17.3 Å². The summed E-state index contributed by atoms with van der Waals surface area (Å²) in [4.78, 5) is 12.6. The number of hydrazone groups is 1. The van der Waals surface area contributed by atoms with Crippen LogP contribution in [0.1, 0.15) is 11.1 Å². The van der Waals surface area contributed by atoms with Crippen molar-refractivity contribution < 1.29 is 4.63 Å². The van der Waals surface area contributed by atoms with E-state index < -0.39 is 0 Å². The van der Waals surface area contributed by atoms with Gasteiger partial charge in [0, 0.05) is 12.4 Å². The molecular weight excluding hydrogens is 346 g/mol. The van der Waals surface area contributed by atoms with E-state index in [-0.39, 0.29) is 11.3 Å². The summed E-state index contributed by atoms with van der Waals surface area (Å²) in [5.41, 5.74) is 12.4. The highest BCUT2D eigenvalue weighted by Crippen LogP contribution is 2.20. The molecule has 0 atom stereocenters. The number of anilines is 3. The van der Waals surface area contributed by atoms with Crippen LogP contribution in [0, 0.1) is 6.92 Å². The highest BCUT2D eigenvalue weighted by Gasteiger charge is 2.12. The fraction of sp³-hybridized carbons (Fsp3) is 0.0588. The molecule has 134 valence electrons. The summed E-state index contributed by atoms with van der Waals surface area (Å²) in [7, 11) is 0. The number of hydrogen-bond donors (Lipinski definition) is 3. The number of benzene rings is 1. The minimum Gasteiger partial charge on any atom is -0.300 e. The first-order chi connectivity index (χ1) is 13.3. The number of nitrogens with one attached hydrogen (secondary N) is 3. The Labute approximate surface area is 153 Å². The molecule has 10 nitrogen and oxygen atoms in total. The van der Waals surface area contributed by atoms with Crippen molar-refractivity contribution in [2.24, 2.45) is 5.10 Å². The summed E-state index contributed by atoms with van der Waals surface area (Å²) in [5, 5.41) is 11.6. The number of aromatic nitrogens is 5. The Kier molecular flexibility index (Phi) is 4.51. The van der Waals surface area contributed by atoms with Gasteiger partial charge >= 0.3 is 0 Å². The number of rotatable bonds is 6. The lowest BCUT2D eigenvalue weighted by atomic mass is 10.2. The van der Waals surface area contributed by atoms with E-state index in [0.29, 0.717) is 11.6 Å². The van der Waals surface area contributed by atoms with Crippen LogP contribution in [0.15, 0.2) is 58.5 Å². The predicted molar refractivity (Wildman–Crippen MR) is 101 cm³/mol. The first-order valence-corrected chi connectivity index (χ1v) is 8.06. The van der Waals surface area contributed by atoms with E-state index in [4.69, 9.17) is 0 Å². The molecule has 10 heteroatoms. The van der Waals surface area contributed by atoms with Gasteiger partial charge in [-0.1, -0.05) is 17.7 Å². The molecule has 0 saturated carbocycles. The molecule has 0 bridgehead atoms. The van der Waals surface area contributed by atoms with Crippen LogP contribution in [0.3, 0.4) is 0 Å². The van der Waals surface area contributed by atoms with Crippen molar-refractivity contribution in [3.63, 3.8) is 0 Å². The topological polar surface area (TPSA) is 126 Å². The summed E-state index contributed by atoms with van der Waals surface area (Å²) in [6, 6.07) is 11.6. The van der Waals surface area contributed by atoms with E-state index in [1.54, 1.807) is 18.6 Å². The zero-order valence-corrected chi connectivity index (χ0v) is 14.3. The Bertz CT molecular complexity index is 1060. The number of aryl methyl sites for hydroxylation is 1. The quantitative estimate of drug-likeness (QED) is 0.351. The molecule has 3 aromatic heterocycles. The molecule has 4 aromatic rings. The maximum Gasteiger partial charge on any atom is 0.245 e. The standard InChI is InChI=1S/C17H15N9O/c1-11-2-4-13(5-3-11)22-24-15-14(20-16-17(21-15)26-27-25-16)23-19-10-12-6-8-18-9-7-12/h2-10,22H,1H3,(H,20,23,25)(H,21,24,26). The van der Waals surface area contributed by atoms with Crippen molar-refractivity contribution >= 4 is 34.8 Å². The van der Waals surface area contributed by atoms with Gasteiger partial charge in [-0.2, -0.15) is 15.1 Å². The lowest BCUT2D eigenvalue weighted by molar-refractivity contribution is 0.314. The summed E-state index contributed by atoms with van der Waals surface area (Å²) < 4.78 is 4.68. The van der Waals surface area contributed by atoms with Crippen molar-refractivity contribution in [1.82, 2.24) is 25.3 Å². The third-order valence-electron chi connectivity index (χ3n) is 3.58. The van der Waals surface area contributed by atoms with Gasteiger partial charge in [0.15, 0.2) is 11.6 Å². The molecule has 3 N–H and O–H groups in total. The number of fused-ring (bicyclic) bond motifs is 1. The molecule has 1 aromatic carbocycles. The zero-order valence-electron chi connectivity index (χ0n) is 14.3. The van der Waals surface area contributed by atoms with Gasteiger partial charge < -0.3 is 0 Å². The molecule has 0 saturated heterocycles. The lowest BCUT2D eigenvalue weighted by Gasteiger charge is -2.11. The number of pyridine rings is 1. The van der Waals surface area contributed by atoms with Gasteiger partial charge in [0.25, 0.3) is 0 Å². The van der Waals surface area contributed by atoms with Gasteiger partial charge in [0.1, 0.15) is 0 Å². The van der Waals surface area contributed by atoms with Crippen LogP contribution in [-0.4, -0.2) is 31.5 Å². The number of nitrogens with zero attached hydrogens (tertiary/aromatic N) is 6. The van der Waals surface area contributed by atoms with E-state index in [1.165, 1.54) is 5.56 Å². The van der Waals surface area contributed by atoms with Crippen molar-refractivity contribution in [3.05, 3.63) is 59.9 Å². The number of hydrazine groups is 1. The van der Waals surface area contributed by atoms with Crippen LogP contribution in [0.2, 0.25) is 0 Å². The average Bonchev–Trinajstić information content (AvgIpc) is 3.15. The minimum absolute atomic E-state index is 0.275. The Hall–Kier alpha value is -4.08. The van der Waals surface area contributed by atoms with Crippen LogP contribution in [0.25, 0.3) is 11.3 Å². The van der Waals surface area contributed by atoms with Crippen molar-refractivity contribution in [3.8, 4) is 0 Å². The molecule has 3 heterocycles. The summed E-state index contributed by atoms with van der Waals surface area (Å²) in [6.07, 6.45) is 5.02. The van der Waals surface area contributed by atoms with E-state index >= 15 is 0 Å². The van der Waals surface area contributed by atoms with Crippen molar-refractivity contribution in [2.75, 3.05) is 16.3 Å². The van der Waals surface area contributed by atoms with E-state index in [9.17, 15) is 0 Å². The minimum atomic E-state index is 0.275. The third kappa shape index (κ3) is 3.95. The normalized spacial score (nSPS) is 11.0. The van der Waals surface area contributed by atoms with Crippen molar-refractivity contribution in [2.45, 2.75) is 6.92 Å². The van der Waals surface area contributed by atoms with Crippen LogP contribution >= 0.6 is 0 Å². The molecule has 4 rings (SSSR count). The summed E-state index contributed by atoms with van der Waals surface area (Å²) in [5.74, 6) is 0.758. The molecule has 0 unspecified atom stereocenters. The van der Waals surface area contributed by atoms with Gasteiger partial charge in [-0.15, -0.1) is 0 Å². The monoisotopic (exact) mass is 361 g/mol. The van der Waals surface area contributed by atoms with E-state index in [1.807, 2.05) is 43.3 Å². The Morgan fingerprint density at radius 3 is 2.33 bits per heavy atom. The fourth-order valence-corrected chi connectivity index (χ4v) is 2.19. The van der Waals surface area contributed by atoms with Crippen molar-refractivity contribution in [1.29, 1.82) is 0 Å². The van der Waals surface area contributed by atoms with Gasteiger partial charge in [0.05, 0.1) is 11.9 Å². The second-order valence-corrected chi connectivity index (χ2v) is 5.60. The predicted octanol–water partition coefficient (Wildman–Crippen LogP) is 2.60. The molecular formula is C17H15N9O. The first-order valence-electron chi connectivity index (χ1n) is 8.06. The maximum atomic E-state index is 4.68. The first kappa shape index (κ1) is 16.4. The Morgan fingerprint density at radius 2 is 1.59 bits per heavy atom.